The minimum absolute atomic E-state index is 0.0134. The molecule has 2 aromatic rings. The molecule has 2 unspecified atom stereocenters. The van der Waals surface area contributed by atoms with Crippen molar-refractivity contribution in [2.24, 2.45) is 5.73 Å². The minimum Gasteiger partial charge on any atom is -0.536 e. The predicted molar refractivity (Wildman–Crippen MR) is 101 cm³/mol. The first-order chi connectivity index (χ1) is 13.0. The number of carbonyl (C=O) groups is 1. The summed E-state index contributed by atoms with van der Waals surface area (Å²) in [7, 11) is -0.786. The van der Waals surface area contributed by atoms with E-state index in [1.807, 2.05) is 25.1 Å². The van der Waals surface area contributed by atoms with Crippen molar-refractivity contribution in [2.75, 3.05) is 18.5 Å². The van der Waals surface area contributed by atoms with E-state index in [1.54, 1.807) is 10.9 Å². The number of rotatable bonds is 4. The van der Waals surface area contributed by atoms with Crippen molar-refractivity contribution in [3.8, 4) is 5.75 Å². The number of nitrogens with one attached hydrogen (secondary N) is 1. The van der Waals surface area contributed by atoms with E-state index >= 15 is 0 Å². The number of aromatic nitrogens is 2. The molecule has 9 heteroatoms. The molecule has 1 saturated heterocycles. The standard InChI is InChI=1S/C18H23BN4O4/c1-11-7-12-8-13(4-5-16(12)27-19(11)25)21-18-15(17(20)24)9-23(22-18)14-3-2-6-26-10-14/h4-5,8-9,11,14,25H,2-3,6-7,10H2,1H3,(H2,20,24)(H,21,22). The highest BCUT2D eigenvalue weighted by molar-refractivity contribution is 6.46. The van der Waals surface area contributed by atoms with Gasteiger partial charge in [0.1, 0.15) is 11.3 Å². The molecule has 142 valence electrons. The normalized spacial score (nSPS) is 22.1. The number of hydrogen-bond acceptors (Lipinski definition) is 6. The van der Waals surface area contributed by atoms with Crippen LogP contribution >= 0.6 is 0 Å². The fraction of sp³-hybridized carbons (Fsp3) is 0.444. The van der Waals surface area contributed by atoms with Gasteiger partial charge < -0.3 is 25.5 Å². The molecule has 0 saturated carbocycles. The van der Waals surface area contributed by atoms with Crippen molar-refractivity contribution in [1.82, 2.24) is 9.78 Å². The van der Waals surface area contributed by atoms with Crippen LogP contribution in [-0.2, 0) is 11.2 Å². The average molecular weight is 370 g/mol. The van der Waals surface area contributed by atoms with Crippen LogP contribution in [-0.4, -0.2) is 41.0 Å². The molecule has 2 aliphatic heterocycles. The molecule has 2 aliphatic rings. The molecule has 2 atom stereocenters. The van der Waals surface area contributed by atoms with Crippen LogP contribution in [0.5, 0.6) is 5.75 Å². The minimum atomic E-state index is -0.786. The maximum absolute atomic E-state index is 11.9. The first-order valence-corrected chi connectivity index (χ1v) is 9.22. The van der Waals surface area contributed by atoms with Gasteiger partial charge in [-0.25, -0.2) is 0 Å². The van der Waals surface area contributed by atoms with Gasteiger partial charge in [0.15, 0.2) is 5.82 Å². The number of anilines is 2. The molecule has 0 spiro atoms. The summed E-state index contributed by atoms with van der Waals surface area (Å²) in [4.78, 5) is 11.9. The number of carbonyl (C=O) groups excluding carboxylic acids is 1. The summed E-state index contributed by atoms with van der Waals surface area (Å²) >= 11 is 0. The van der Waals surface area contributed by atoms with Crippen LogP contribution in [0.1, 0.15) is 41.7 Å². The highest BCUT2D eigenvalue weighted by Gasteiger charge is 2.31. The zero-order valence-corrected chi connectivity index (χ0v) is 15.2. The van der Waals surface area contributed by atoms with Crippen molar-refractivity contribution in [2.45, 2.75) is 38.0 Å². The van der Waals surface area contributed by atoms with Crippen LogP contribution in [0.25, 0.3) is 0 Å². The number of fused-ring (bicyclic) bond motifs is 1. The van der Waals surface area contributed by atoms with Crippen LogP contribution in [0.3, 0.4) is 0 Å². The topological polar surface area (TPSA) is 112 Å². The van der Waals surface area contributed by atoms with Crippen LogP contribution in [0, 0.1) is 0 Å². The Hall–Kier alpha value is -2.52. The smallest absolute Gasteiger partial charge is 0.525 e. The Kier molecular flexibility index (Phi) is 4.80. The number of ether oxygens (including phenoxy) is 1. The second kappa shape index (κ2) is 7.24. The lowest BCUT2D eigenvalue weighted by molar-refractivity contribution is 0.0550. The van der Waals surface area contributed by atoms with E-state index in [0.717, 1.165) is 30.7 Å². The van der Waals surface area contributed by atoms with Gasteiger partial charge in [0.05, 0.1) is 12.6 Å². The third-order valence-electron chi connectivity index (χ3n) is 5.11. The summed E-state index contributed by atoms with van der Waals surface area (Å²) in [6.07, 6.45) is 4.32. The van der Waals surface area contributed by atoms with Gasteiger partial charge in [0.25, 0.3) is 5.91 Å². The first-order valence-electron chi connectivity index (χ1n) is 9.22. The Morgan fingerprint density at radius 2 is 2.33 bits per heavy atom. The highest BCUT2D eigenvalue weighted by Crippen LogP contribution is 2.34. The molecule has 1 fully saturated rings. The Morgan fingerprint density at radius 1 is 1.48 bits per heavy atom. The zero-order valence-electron chi connectivity index (χ0n) is 15.2. The molecular formula is C18H23BN4O4. The molecular weight excluding hydrogens is 347 g/mol. The quantitative estimate of drug-likeness (QED) is 0.709. The summed E-state index contributed by atoms with van der Waals surface area (Å²) < 4.78 is 12.8. The molecule has 1 aromatic carbocycles. The number of nitrogens with zero attached hydrogens (tertiary/aromatic N) is 2. The average Bonchev–Trinajstić information content (AvgIpc) is 3.08. The van der Waals surface area contributed by atoms with Gasteiger partial charge in [0.2, 0.25) is 0 Å². The molecule has 1 aromatic heterocycles. The van der Waals surface area contributed by atoms with E-state index in [-0.39, 0.29) is 11.9 Å². The SMILES string of the molecule is CC1Cc2cc(Nc3nn(C4CCCOC4)cc3C(N)=O)ccc2OB1O. The summed E-state index contributed by atoms with van der Waals surface area (Å²) in [6.45, 7) is 3.28. The number of nitrogens with two attached hydrogens (primary N) is 1. The van der Waals surface area contributed by atoms with Crippen molar-refractivity contribution in [1.29, 1.82) is 0 Å². The van der Waals surface area contributed by atoms with E-state index in [9.17, 15) is 9.82 Å². The summed E-state index contributed by atoms with van der Waals surface area (Å²) in [5.41, 5.74) is 7.67. The molecule has 4 rings (SSSR count). The van der Waals surface area contributed by atoms with Gasteiger partial charge in [-0.3, -0.25) is 9.48 Å². The summed E-state index contributed by atoms with van der Waals surface area (Å²) in [6, 6.07) is 5.69. The van der Waals surface area contributed by atoms with Gasteiger partial charge in [-0.2, -0.15) is 5.10 Å². The van der Waals surface area contributed by atoms with Crippen LogP contribution in [0.4, 0.5) is 11.5 Å². The van der Waals surface area contributed by atoms with E-state index in [0.29, 0.717) is 30.2 Å². The van der Waals surface area contributed by atoms with Gasteiger partial charge in [0, 0.05) is 24.3 Å². The maximum atomic E-state index is 11.9. The lowest BCUT2D eigenvalue weighted by Gasteiger charge is -2.25. The fourth-order valence-electron chi connectivity index (χ4n) is 3.55. The number of hydrogen-bond donors (Lipinski definition) is 3. The maximum Gasteiger partial charge on any atom is 0.525 e. The molecule has 27 heavy (non-hydrogen) atoms. The number of amides is 1. The van der Waals surface area contributed by atoms with Crippen molar-refractivity contribution in [3.05, 3.63) is 35.5 Å². The van der Waals surface area contributed by atoms with Crippen LogP contribution in [0.2, 0.25) is 5.82 Å². The van der Waals surface area contributed by atoms with Crippen LogP contribution in [0.15, 0.2) is 24.4 Å². The second-order valence-corrected chi connectivity index (χ2v) is 7.24. The van der Waals surface area contributed by atoms with Crippen molar-refractivity contribution in [3.63, 3.8) is 0 Å². The zero-order chi connectivity index (χ0) is 19.0. The third kappa shape index (κ3) is 3.65. The van der Waals surface area contributed by atoms with Crippen LogP contribution < -0.4 is 15.7 Å². The molecule has 0 bridgehead atoms. The lowest BCUT2D eigenvalue weighted by atomic mass is 9.68. The second-order valence-electron chi connectivity index (χ2n) is 7.24. The number of benzene rings is 1. The Balaban J connectivity index is 1.59. The third-order valence-corrected chi connectivity index (χ3v) is 5.11. The molecule has 4 N–H and O–H groups in total. The number of primary amides is 1. The van der Waals surface area contributed by atoms with E-state index in [2.05, 4.69) is 10.4 Å². The van der Waals surface area contributed by atoms with Gasteiger partial charge >= 0.3 is 7.12 Å². The monoisotopic (exact) mass is 370 g/mol. The predicted octanol–water partition coefficient (Wildman–Crippen LogP) is 1.88. The Labute approximate surface area is 157 Å². The molecule has 0 aliphatic carbocycles. The summed E-state index contributed by atoms with van der Waals surface area (Å²) in [5.74, 6) is 0.585. The molecule has 3 heterocycles. The first kappa shape index (κ1) is 17.9. The Bertz CT molecular complexity index is 850. The lowest BCUT2D eigenvalue weighted by Crippen LogP contribution is -2.32. The van der Waals surface area contributed by atoms with Crippen molar-refractivity contribution >= 4 is 24.5 Å². The van der Waals surface area contributed by atoms with E-state index in [4.69, 9.17) is 15.1 Å². The molecule has 0 radical (unpaired) electrons. The molecule has 8 nitrogen and oxygen atoms in total. The Morgan fingerprint density at radius 3 is 3.07 bits per heavy atom. The fourth-order valence-corrected chi connectivity index (χ4v) is 3.55. The van der Waals surface area contributed by atoms with E-state index < -0.39 is 13.0 Å². The van der Waals surface area contributed by atoms with Gasteiger partial charge in [-0.1, -0.05) is 6.92 Å². The van der Waals surface area contributed by atoms with Gasteiger partial charge in [-0.05, 0) is 43.0 Å². The van der Waals surface area contributed by atoms with Gasteiger partial charge in [-0.15, -0.1) is 0 Å². The molecule has 1 amide bonds. The largest absolute Gasteiger partial charge is 0.536 e. The van der Waals surface area contributed by atoms with E-state index in [1.165, 1.54) is 0 Å². The summed E-state index contributed by atoms with van der Waals surface area (Å²) in [5, 5.41) is 17.6. The van der Waals surface area contributed by atoms with Crippen molar-refractivity contribution < 1.29 is 19.2 Å². The highest BCUT2D eigenvalue weighted by atomic mass is 16.5.